The molecule has 0 bridgehead atoms. The molecule has 2 heterocycles. The van der Waals surface area contributed by atoms with E-state index in [0.29, 0.717) is 11.5 Å². The first-order valence-corrected chi connectivity index (χ1v) is 11.9. The summed E-state index contributed by atoms with van der Waals surface area (Å²) in [5.74, 6) is -0.152. The largest absolute Gasteiger partial charge is 0.467 e. The zero-order valence-electron chi connectivity index (χ0n) is 18.4. The summed E-state index contributed by atoms with van der Waals surface area (Å²) in [6.07, 6.45) is 2.98. The van der Waals surface area contributed by atoms with Crippen molar-refractivity contribution in [2.24, 2.45) is 5.92 Å². The molecule has 0 fully saturated rings. The third kappa shape index (κ3) is 6.56. The highest BCUT2D eigenvalue weighted by Crippen LogP contribution is 2.17. The number of carbonyl (C=O) groups is 2. The van der Waals surface area contributed by atoms with E-state index < -0.39 is 28.5 Å². The molecule has 0 aliphatic heterocycles. The molecule has 0 saturated heterocycles. The number of hydrogen-bond donors (Lipinski definition) is 2. The van der Waals surface area contributed by atoms with Gasteiger partial charge in [-0.1, -0.05) is 32.0 Å². The molecule has 0 aliphatic carbocycles. The van der Waals surface area contributed by atoms with Crippen LogP contribution in [0.25, 0.3) is 0 Å². The van der Waals surface area contributed by atoms with Crippen LogP contribution < -0.4 is 10.0 Å². The van der Waals surface area contributed by atoms with Crippen molar-refractivity contribution in [2.45, 2.75) is 37.9 Å². The Morgan fingerprint density at radius 1 is 0.939 bits per heavy atom. The molecule has 0 spiro atoms. The first-order valence-electron chi connectivity index (χ1n) is 10.4. The summed E-state index contributed by atoms with van der Waals surface area (Å²) in [4.78, 5) is 27.6. The summed E-state index contributed by atoms with van der Waals surface area (Å²) in [6, 6.07) is 13.7. The molecule has 10 heteroatoms. The number of nitrogens with zero attached hydrogens (tertiary/aromatic N) is 1. The highest BCUT2D eigenvalue weighted by atomic mass is 32.2. The molecule has 3 aromatic rings. The highest BCUT2D eigenvalue weighted by molar-refractivity contribution is 7.89. The fourth-order valence-electron chi connectivity index (χ4n) is 3.35. The summed E-state index contributed by atoms with van der Waals surface area (Å²) >= 11 is 0. The van der Waals surface area contributed by atoms with Crippen molar-refractivity contribution in [3.63, 3.8) is 0 Å². The van der Waals surface area contributed by atoms with E-state index in [0.717, 1.165) is 0 Å². The molecular formula is C23H27N3O6S. The molecule has 2 amide bonds. The molecule has 0 aliphatic rings. The second-order valence-corrected chi connectivity index (χ2v) is 9.49. The zero-order chi connectivity index (χ0) is 23.8. The summed E-state index contributed by atoms with van der Waals surface area (Å²) < 4.78 is 38.1. The Morgan fingerprint density at radius 3 is 2.15 bits per heavy atom. The van der Waals surface area contributed by atoms with Gasteiger partial charge in [-0.05, 0) is 42.3 Å². The standard InChI is InChI=1S/C23H27N3O6S/c1-17(2)22(23(28)24-14-18-8-6-12-31-18)26(16-19-9-7-13-32-19)21(27)15-25-33(29,30)20-10-4-3-5-11-20/h3-13,17,22,25H,14-16H2,1-2H3,(H,24,28)/t22-/m0/s1. The van der Waals surface area contributed by atoms with Gasteiger partial charge in [0.2, 0.25) is 21.8 Å². The first-order chi connectivity index (χ1) is 15.8. The Hall–Kier alpha value is -3.37. The van der Waals surface area contributed by atoms with Crippen LogP contribution >= 0.6 is 0 Å². The molecule has 33 heavy (non-hydrogen) atoms. The summed E-state index contributed by atoms with van der Waals surface area (Å²) in [7, 11) is -3.89. The Kier molecular flexibility index (Phi) is 8.07. The van der Waals surface area contributed by atoms with Gasteiger partial charge in [-0.25, -0.2) is 13.1 Å². The molecule has 1 aromatic carbocycles. The minimum absolute atomic E-state index is 0.00984. The molecule has 2 N–H and O–H groups in total. The van der Waals surface area contributed by atoms with Crippen LogP contribution in [0.4, 0.5) is 0 Å². The quantitative estimate of drug-likeness (QED) is 0.441. The van der Waals surface area contributed by atoms with Gasteiger partial charge >= 0.3 is 0 Å². The lowest BCUT2D eigenvalue weighted by Crippen LogP contribution is -2.53. The maximum Gasteiger partial charge on any atom is 0.243 e. The third-order valence-corrected chi connectivity index (χ3v) is 6.36. The topological polar surface area (TPSA) is 122 Å². The van der Waals surface area contributed by atoms with Gasteiger partial charge in [0.15, 0.2) is 0 Å². The van der Waals surface area contributed by atoms with Crippen LogP contribution in [0.15, 0.2) is 80.9 Å². The van der Waals surface area contributed by atoms with Crippen LogP contribution in [-0.4, -0.2) is 37.7 Å². The van der Waals surface area contributed by atoms with Gasteiger partial charge in [-0.15, -0.1) is 0 Å². The number of rotatable bonds is 11. The van der Waals surface area contributed by atoms with E-state index in [1.807, 2.05) is 13.8 Å². The Labute approximate surface area is 192 Å². The van der Waals surface area contributed by atoms with E-state index in [-0.39, 0.29) is 29.8 Å². The highest BCUT2D eigenvalue weighted by Gasteiger charge is 2.33. The number of benzene rings is 1. The van der Waals surface area contributed by atoms with Crippen molar-refractivity contribution < 1.29 is 26.8 Å². The van der Waals surface area contributed by atoms with Gasteiger partial charge in [0.05, 0.1) is 37.1 Å². The van der Waals surface area contributed by atoms with E-state index in [1.54, 1.807) is 42.5 Å². The fraction of sp³-hybridized carbons (Fsp3) is 0.304. The zero-order valence-corrected chi connectivity index (χ0v) is 19.2. The Bertz CT molecular complexity index is 1130. The van der Waals surface area contributed by atoms with Crippen LogP contribution in [-0.2, 0) is 32.7 Å². The lowest BCUT2D eigenvalue weighted by Gasteiger charge is -2.33. The summed E-state index contributed by atoms with van der Waals surface area (Å²) in [5, 5.41) is 2.78. The van der Waals surface area contributed by atoms with Crippen molar-refractivity contribution in [1.82, 2.24) is 14.9 Å². The second kappa shape index (κ2) is 11.0. The van der Waals surface area contributed by atoms with Gasteiger partial charge in [-0.2, -0.15) is 0 Å². The second-order valence-electron chi connectivity index (χ2n) is 7.72. The lowest BCUT2D eigenvalue weighted by atomic mass is 10.0. The number of furan rings is 2. The minimum Gasteiger partial charge on any atom is -0.467 e. The predicted molar refractivity (Wildman–Crippen MR) is 120 cm³/mol. The Balaban J connectivity index is 1.77. The summed E-state index contributed by atoms with van der Waals surface area (Å²) in [6.45, 7) is 3.29. The van der Waals surface area contributed by atoms with E-state index in [1.165, 1.54) is 29.6 Å². The SMILES string of the molecule is CC(C)[C@@H](C(=O)NCc1ccco1)N(Cc1ccco1)C(=O)CNS(=O)(=O)c1ccccc1. The van der Waals surface area contributed by atoms with Crippen LogP contribution in [0.1, 0.15) is 25.4 Å². The van der Waals surface area contributed by atoms with Crippen molar-refractivity contribution in [2.75, 3.05) is 6.54 Å². The maximum atomic E-state index is 13.2. The lowest BCUT2D eigenvalue weighted by molar-refractivity contribution is -0.142. The van der Waals surface area contributed by atoms with Crippen molar-refractivity contribution in [3.8, 4) is 0 Å². The number of hydrogen-bond acceptors (Lipinski definition) is 6. The number of carbonyl (C=O) groups excluding carboxylic acids is 2. The molecule has 0 saturated carbocycles. The van der Waals surface area contributed by atoms with Crippen LogP contribution in [0.5, 0.6) is 0 Å². The average Bonchev–Trinajstić information content (AvgIpc) is 3.50. The molecule has 0 radical (unpaired) electrons. The molecule has 2 aromatic heterocycles. The van der Waals surface area contributed by atoms with Gasteiger partial charge in [0.25, 0.3) is 0 Å². The molecule has 0 unspecified atom stereocenters. The molecule has 1 atom stereocenters. The fourth-order valence-corrected chi connectivity index (χ4v) is 4.35. The molecule has 9 nitrogen and oxygen atoms in total. The van der Waals surface area contributed by atoms with Crippen LogP contribution in [0, 0.1) is 5.92 Å². The monoisotopic (exact) mass is 473 g/mol. The van der Waals surface area contributed by atoms with Gasteiger partial charge in [0.1, 0.15) is 17.6 Å². The number of sulfonamides is 1. The van der Waals surface area contributed by atoms with E-state index in [9.17, 15) is 18.0 Å². The van der Waals surface area contributed by atoms with Crippen molar-refractivity contribution in [3.05, 3.63) is 78.6 Å². The van der Waals surface area contributed by atoms with Crippen molar-refractivity contribution >= 4 is 21.8 Å². The van der Waals surface area contributed by atoms with Crippen LogP contribution in [0.2, 0.25) is 0 Å². The number of nitrogens with one attached hydrogen (secondary N) is 2. The van der Waals surface area contributed by atoms with Crippen LogP contribution in [0.3, 0.4) is 0 Å². The predicted octanol–water partition coefficient (Wildman–Crippen LogP) is 2.52. The van der Waals surface area contributed by atoms with Gasteiger partial charge < -0.3 is 19.1 Å². The van der Waals surface area contributed by atoms with Gasteiger partial charge in [0, 0.05) is 0 Å². The molecular weight excluding hydrogens is 446 g/mol. The normalized spacial score (nSPS) is 12.5. The van der Waals surface area contributed by atoms with E-state index in [2.05, 4.69) is 10.0 Å². The first kappa shape index (κ1) is 24.3. The number of amides is 2. The maximum absolute atomic E-state index is 13.2. The third-order valence-electron chi connectivity index (χ3n) is 4.95. The Morgan fingerprint density at radius 2 is 1.58 bits per heavy atom. The molecule has 176 valence electrons. The summed E-state index contributed by atoms with van der Waals surface area (Å²) in [5.41, 5.74) is 0. The van der Waals surface area contributed by atoms with Crippen molar-refractivity contribution in [1.29, 1.82) is 0 Å². The van der Waals surface area contributed by atoms with E-state index in [4.69, 9.17) is 8.83 Å². The smallest absolute Gasteiger partial charge is 0.243 e. The molecule has 3 rings (SSSR count). The average molecular weight is 474 g/mol. The minimum atomic E-state index is -3.89. The van der Waals surface area contributed by atoms with E-state index >= 15 is 0 Å². The van der Waals surface area contributed by atoms with Gasteiger partial charge in [-0.3, -0.25) is 9.59 Å².